The zero-order chi connectivity index (χ0) is 31.3. The number of nitrogens with one attached hydrogen (secondary N) is 5. The monoisotopic (exact) mass is 633 g/mol. The highest BCUT2D eigenvalue weighted by Gasteiger charge is 2.36. The Kier molecular flexibility index (Phi) is 10.8. The minimum Gasteiger partial charge on any atom is -0.356 e. The molecule has 2 aliphatic rings. The van der Waals surface area contributed by atoms with Crippen LogP contribution in [0.25, 0.3) is 10.9 Å². The summed E-state index contributed by atoms with van der Waals surface area (Å²) in [5.74, 6) is -3.28. The van der Waals surface area contributed by atoms with Crippen LogP contribution in [0.2, 0.25) is 10.0 Å². The minimum absolute atomic E-state index is 0.0145. The Balaban J connectivity index is 1.57. The second kappa shape index (κ2) is 14.1. The summed E-state index contributed by atoms with van der Waals surface area (Å²) in [7, 11) is 0. The highest BCUT2D eigenvalue weighted by molar-refractivity contribution is 6.39. The molecule has 1 aliphatic carbocycles. The molecule has 3 atom stereocenters. The van der Waals surface area contributed by atoms with Crippen molar-refractivity contribution >= 4 is 63.5 Å². The first kappa shape index (κ1) is 32.8. The number of rotatable bonds is 10. The number of hydrogen-bond acceptors (Lipinski definition) is 5. The van der Waals surface area contributed by atoms with Gasteiger partial charge in [0.1, 0.15) is 11.7 Å². The van der Waals surface area contributed by atoms with E-state index in [9.17, 15) is 24.0 Å². The van der Waals surface area contributed by atoms with Crippen molar-refractivity contribution in [3.8, 4) is 0 Å². The maximum Gasteiger partial charge on any atom is 0.290 e. The fourth-order valence-electron chi connectivity index (χ4n) is 5.92. The Morgan fingerprint density at radius 1 is 0.930 bits per heavy atom. The molecule has 43 heavy (non-hydrogen) atoms. The smallest absolute Gasteiger partial charge is 0.290 e. The molecule has 1 aromatic heterocycles. The molecule has 2 fully saturated rings. The van der Waals surface area contributed by atoms with Crippen molar-refractivity contribution in [2.75, 3.05) is 6.54 Å². The van der Waals surface area contributed by atoms with Crippen LogP contribution in [-0.4, -0.2) is 58.6 Å². The van der Waals surface area contributed by atoms with Gasteiger partial charge in [0.15, 0.2) is 0 Å². The van der Waals surface area contributed by atoms with E-state index < -0.39 is 47.0 Å². The average molecular weight is 635 g/mol. The Hall–Kier alpha value is -3.11. The van der Waals surface area contributed by atoms with Crippen molar-refractivity contribution in [1.82, 2.24) is 26.3 Å². The molecule has 0 unspecified atom stereocenters. The third kappa shape index (κ3) is 8.95. The highest BCUT2D eigenvalue weighted by atomic mass is 35.5. The number of halogens is 2. The molecule has 234 valence electrons. The predicted molar refractivity (Wildman–Crippen MR) is 166 cm³/mol. The summed E-state index contributed by atoms with van der Waals surface area (Å²) in [6.45, 7) is 5.80. The van der Waals surface area contributed by atoms with Gasteiger partial charge in [-0.1, -0.05) is 55.3 Å². The number of fused-ring (bicyclic) bond motifs is 1. The van der Waals surface area contributed by atoms with Gasteiger partial charge in [0.25, 0.3) is 11.8 Å². The number of carbonyl (C=O) groups is 5. The summed E-state index contributed by atoms with van der Waals surface area (Å²) in [6.07, 6.45) is 6.71. The number of hydrogen-bond donors (Lipinski definition) is 5. The van der Waals surface area contributed by atoms with E-state index in [0.717, 1.165) is 38.5 Å². The van der Waals surface area contributed by atoms with Gasteiger partial charge in [0, 0.05) is 33.9 Å². The lowest BCUT2D eigenvalue weighted by Gasteiger charge is -2.30. The van der Waals surface area contributed by atoms with Crippen LogP contribution in [0.4, 0.5) is 0 Å². The molecular weight excluding hydrogens is 593 g/mol. The van der Waals surface area contributed by atoms with E-state index >= 15 is 0 Å². The first-order valence-corrected chi connectivity index (χ1v) is 15.8. The summed E-state index contributed by atoms with van der Waals surface area (Å²) in [6, 6.07) is 2.64. The van der Waals surface area contributed by atoms with E-state index in [0.29, 0.717) is 40.3 Å². The number of amides is 4. The number of benzene rings is 1. The first-order valence-electron chi connectivity index (χ1n) is 15.0. The number of H-pyrrole nitrogens is 1. The lowest BCUT2D eigenvalue weighted by atomic mass is 9.84. The zero-order valence-electron chi connectivity index (χ0n) is 24.9. The van der Waals surface area contributed by atoms with Gasteiger partial charge < -0.3 is 26.3 Å². The average Bonchev–Trinajstić information content (AvgIpc) is 3.37. The Labute approximate surface area is 261 Å². The number of aromatic nitrogens is 1. The number of piperidine rings is 1. The van der Waals surface area contributed by atoms with Crippen LogP contribution < -0.4 is 21.3 Å². The van der Waals surface area contributed by atoms with Gasteiger partial charge in [0.2, 0.25) is 17.6 Å². The molecule has 2 aromatic rings. The molecule has 10 nitrogen and oxygen atoms in total. The van der Waals surface area contributed by atoms with E-state index in [1.165, 1.54) is 0 Å². The van der Waals surface area contributed by atoms with Crippen molar-refractivity contribution in [3.05, 3.63) is 33.9 Å². The number of carbonyl (C=O) groups excluding carboxylic acids is 5. The lowest BCUT2D eigenvalue weighted by Crippen LogP contribution is -2.56. The van der Waals surface area contributed by atoms with E-state index in [4.69, 9.17) is 23.2 Å². The van der Waals surface area contributed by atoms with Crippen LogP contribution in [0, 0.1) is 11.8 Å². The summed E-state index contributed by atoms with van der Waals surface area (Å²) in [4.78, 5) is 69.1. The van der Waals surface area contributed by atoms with Gasteiger partial charge in [-0.05, 0) is 70.6 Å². The summed E-state index contributed by atoms with van der Waals surface area (Å²) in [5, 5.41) is 12.5. The van der Waals surface area contributed by atoms with Gasteiger partial charge >= 0.3 is 0 Å². The molecule has 1 saturated heterocycles. The molecule has 4 amide bonds. The molecule has 12 heteroatoms. The molecule has 1 aromatic carbocycles. The molecule has 0 radical (unpaired) electrons. The maximum atomic E-state index is 13.8. The van der Waals surface area contributed by atoms with Gasteiger partial charge in [-0.2, -0.15) is 0 Å². The van der Waals surface area contributed by atoms with Crippen LogP contribution in [0.3, 0.4) is 0 Å². The largest absolute Gasteiger partial charge is 0.356 e. The van der Waals surface area contributed by atoms with Gasteiger partial charge in [-0.25, -0.2) is 0 Å². The summed E-state index contributed by atoms with van der Waals surface area (Å²) in [5.41, 5.74) is 0.113. The molecular formula is C31H41Cl2N5O5. The molecule has 0 bridgehead atoms. The van der Waals surface area contributed by atoms with Gasteiger partial charge in [-0.15, -0.1) is 0 Å². The normalized spacial score (nSPS) is 19.3. The fraction of sp³-hybridized carbons (Fsp3) is 0.581. The predicted octanol–water partition coefficient (Wildman–Crippen LogP) is 4.43. The Morgan fingerprint density at radius 2 is 1.65 bits per heavy atom. The number of aromatic amines is 1. The molecule has 4 rings (SSSR count). The zero-order valence-corrected chi connectivity index (χ0v) is 26.4. The van der Waals surface area contributed by atoms with Gasteiger partial charge in [-0.3, -0.25) is 24.0 Å². The second-order valence-corrected chi connectivity index (χ2v) is 13.6. The first-order chi connectivity index (χ1) is 20.3. The fourth-order valence-corrected chi connectivity index (χ4v) is 6.46. The Morgan fingerprint density at radius 3 is 2.33 bits per heavy atom. The number of Topliss-reactive ketones (excluding diaryl/α,β-unsaturated/α-hetero) is 1. The van der Waals surface area contributed by atoms with Crippen molar-refractivity contribution in [2.45, 2.75) is 96.2 Å². The molecule has 2 heterocycles. The van der Waals surface area contributed by atoms with Crippen molar-refractivity contribution in [2.24, 2.45) is 11.8 Å². The minimum atomic E-state index is -1.23. The molecule has 1 aliphatic heterocycles. The molecule has 1 saturated carbocycles. The van der Waals surface area contributed by atoms with E-state index in [1.54, 1.807) is 39.0 Å². The van der Waals surface area contributed by atoms with Crippen LogP contribution >= 0.6 is 23.2 Å². The van der Waals surface area contributed by atoms with Crippen molar-refractivity contribution in [3.63, 3.8) is 0 Å². The van der Waals surface area contributed by atoms with E-state index in [-0.39, 0.29) is 23.9 Å². The highest BCUT2D eigenvalue weighted by Crippen LogP contribution is 2.30. The number of ketones is 1. The summed E-state index contributed by atoms with van der Waals surface area (Å²) >= 11 is 12.4. The van der Waals surface area contributed by atoms with Crippen molar-refractivity contribution < 1.29 is 24.0 Å². The van der Waals surface area contributed by atoms with Crippen molar-refractivity contribution in [1.29, 1.82) is 0 Å². The molecule has 5 N–H and O–H groups in total. The van der Waals surface area contributed by atoms with E-state index in [2.05, 4.69) is 26.3 Å². The Bertz CT molecular complexity index is 1380. The SMILES string of the molecule is CC(C)(C)NC(=O)C(=O)[C@H](C[C@@H]1CCCNC1=O)NC(=O)[C@H](CC1CCCCC1)NC(=O)c1cc2c(Cl)cc(Cl)cc2[nH]1. The third-order valence-electron chi connectivity index (χ3n) is 8.08. The van der Waals surface area contributed by atoms with Crippen LogP contribution in [0.5, 0.6) is 0 Å². The quantitative estimate of drug-likeness (QED) is 0.245. The second-order valence-electron chi connectivity index (χ2n) is 12.8. The maximum absolute atomic E-state index is 13.8. The topological polar surface area (TPSA) is 149 Å². The summed E-state index contributed by atoms with van der Waals surface area (Å²) < 4.78 is 0. The van der Waals surface area contributed by atoms with Crippen LogP contribution in [-0.2, 0) is 19.2 Å². The standard InChI is InChI=1S/C31H41Cl2N5O5/c1-31(2,3)38-30(43)26(39)23(13-18-10-7-11-34-27(18)40)36-28(41)24(12-17-8-5-4-6-9-17)37-29(42)25-16-20-21(33)14-19(32)15-22(20)35-25/h14-18,23-24,35H,4-13H2,1-3H3,(H,34,40)(H,36,41)(H,37,42)(H,38,43)/t18-,23-,24-/m0/s1. The van der Waals surface area contributed by atoms with Crippen LogP contribution in [0.15, 0.2) is 18.2 Å². The lowest BCUT2D eigenvalue weighted by molar-refractivity contribution is -0.142. The third-order valence-corrected chi connectivity index (χ3v) is 8.61. The van der Waals surface area contributed by atoms with E-state index in [1.807, 2.05) is 0 Å². The van der Waals surface area contributed by atoms with Crippen LogP contribution in [0.1, 0.15) is 89.0 Å². The molecule has 0 spiro atoms. The van der Waals surface area contributed by atoms with Gasteiger partial charge in [0.05, 0.1) is 11.1 Å².